The van der Waals surface area contributed by atoms with Crippen LogP contribution in [0.15, 0.2) is 0 Å². The second kappa shape index (κ2) is 67.2. The van der Waals surface area contributed by atoms with Crippen molar-refractivity contribution < 1.29 is 77.6 Å². The zero-order valence-electron chi connectivity index (χ0n) is 76.0. The Balaban J connectivity index is 1.91. The van der Waals surface area contributed by atoms with Crippen molar-refractivity contribution in [1.29, 1.82) is 0 Å². The van der Waals surface area contributed by atoms with E-state index >= 15 is 0 Å². The molecule has 2 aliphatic rings. The smallest absolute Gasteiger partial charge is 0.268 e. The molecule has 0 amide bonds. The van der Waals surface area contributed by atoms with Gasteiger partial charge in [-0.2, -0.15) is 0 Å². The molecular weight excluding hydrogens is 1430 g/mol. The highest BCUT2D eigenvalue weighted by Crippen LogP contribution is 2.39. The lowest BCUT2D eigenvalue weighted by atomic mass is 9.88. The molecule has 0 aliphatic carbocycles. The summed E-state index contributed by atoms with van der Waals surface area (Å²) < 4.78 is 59.3. The minimum absolute atomic E-state index is 0.0901. The number of phosphoric acid groups is 1. The lowest BCUT2D eigenvalue weighted by Gasteiger charge is -2.40. The van der Waals surface area contributed by atoms with Crippen LogP contribution in [0, 0.1) is 94.7 Å². The van der Waals surface area contributed by atoms with Gasteiger partial charge in [0.2, 0.25) is 0 Å². The fraction of sp³-hybridized carbons (Fsp3) is 1.00. The molecule has 2 rings (SSSR count). The molecule has 2 aliphatic heterocycles. The summed E-state index contributed by atoms with van der Waals surface area (Å²) in [6.07, 6.45) is 46.8. The van der Waals surface area contributed by atoms with Crippen LogP contribution in [0.5, 0.6) is 0 Å². The summed E-state index contributed by atoms with van der Waals surface area (Å²) in [7, 11) is -4.72. The average molecular weight is 1620 g/mol. The van der Waals surface area contributed by atoms with Crippen molar-refractivity contribution in [3.63, 3.8) is 0 Å². The zero-order chi connectivity index (χ0) is 82.9. The molecular formula is C95H188O16P-. The molecule has 2 heterocycles. The van der Waals surface area contributed by atoms with Crippen LogP contribution in [0.3, 0.4) is 0 Å². The highest BCUT2D eigenvalue weighted by molar-refractivity contribution is 7.45. The van der Waals surface area contributed by atoms with Crippen molar-refractivity contribution in [2.24, 2.45) is 94.7 Å². The van der Waals surface area contributed by atoms with Gasteiger partial charge in [-0.15, -0.1) is 0 Å². The Morgan fingerprint density at radius 1 is 0.330 bits per heavy atom. The molecule has 25 atom stereocenters. The lowest BCUT2D eigenvalue weighted by molar-refractivity contribution is -0.306. The van der Waals surface area contributed by atoms with Crippen molar-refractivity contribution in [1.82, 2.24) is 0 Å². The van der Waals surface area contributed by atoms with Crippen molar-refractivity contribution in [3.8, 4) is 0 Å². The number of aliphatic hydroxyl groups excluding tert-OH is 6. The first-order chi connectivity index (χ1) is 53.5. The third-order valence-electron chi connectivity index (χ3n) is 26.4. The standard InChI is InChI=1S/C95H189O16P/c1-72-29-17-33-76(5)41-25-49-84(13)57-61-104-68-89(70-108-95-94(101)93(100)92(99)91(66-97)111-95)106-63-59-86(15)51-27-43-78(7)35-19-31-74(3)39-23-47-82(11)55-53-81(10)46-22-38-73(2)30-18-34-77(6)42-26-50-85(14)58-62-105-69-90(71-110-112(102,103)109-67-88(98)65-96)107-64-60-87(16)52-28-44-79(8)36-20-32-75(4)40-24-48-83(12)56-54-80(9)45-21-37-72/h72-101H,17-71H2,1-16H3,(H,102,103)/p-1/t72-,73-,74-,75-,76+,77+,78+,79+,80-,81-,82-,83-,84+,85+,86+,87+,88?,89-,90-,91-,92+,93-,94-,95-/m0/s1. The van der Waals surface area contributed by atoms with Crippen molar-refractivity contribution in [2.45, 2.75) is 442 Å². The molecule has 17 heteroatoms. The van der Waals surface area contributed by atoms with Gasteiger partial charge in [0.25, 0.3) is 7.82 Å². The minimum atomic E-state index is -4.72. The number of ether oxygens (including phenoxy) is 6. The number of rotatable bonds is 11. The van der Waals surface area contributed by atoms with Crippen LogP contribution in [0.4, 0.5) is 0 Å². The molecule has 6 N–H and O–H groups in total. The summed E-state index contributed by atoms with van der Waals surface area (Å²) in [6, 6.07) is 0. The Hall–Kier alpha value is -0.370. The van der Waals surface area contributed by atoms with Crippen LogP contribution >= 0.6 is 7.82 Å². The largest absolute Gasteiger partial charge is 0.756 e. The van der Waals surface area contributed by atoms with E-state index in [1.807, 2.05) is 0 Å². The first-order valence-corrected chi connectivity index (χ1v) is 49.1. The highest BCUT2D eigenvalue weighted by atomic mass is 31.2. The predicted octanol–water partition coefficient (Wildman–Crippen LogP) is 22.8. The van der Waals surface area contributed by atoms with Gasteiger partial charge in [0.1, 0.15) is 42.7 Å². The predicted molar refractivity (Wildman–Crippen MR) is 463 cm³/mol. The maximum absolute atomic E-state index is 12.6. The molecule has 670 valence electrons. The van der Waals surface area contributed by atoms with Gasteiger partial charge in [-0.1, -0.05) is 368 Å². The quantitative estimate of drug-likeness (QED) is 0.106. The highest BCUT2D eigenvalue weighted by Gasteiger charge is 2.44. The molecule has 112 heavy (non-hydrogen) atoms. The van der Waals surface area contributed by atoms with Gasteiger partial charge < -0.3 is 73.0 Å². The van der Waals surface area contributed by atoms with Gasteiger partial charge in [0.15, 0.2) is 6.29 Å². The monoisotopic (exact) mass is 1620 g/mol. The van der Waals surface area contributed by atoms with E-state index < -0.39 is 76.7 Å². The van der Waals surface area contributed by atoms with Crippen LogP contribution in [-0.2, 0) is 42.0 Å². The molecule has 2 fully saturated rings. The number of hydrogen-bond donors (Lipinski definition) is 6. The summed E-state index contributed by atoms with van der Waals surface area (Å²) in [6.45, 7) is 39.8. The van der Waals surface area contributed by atoms with E-state index in [0.29, 0.717) is 56.7 Å². The fourth-order valence-electron chi connectivity index (χ4n) is 17.2. The van der Waals surface area contributed by atoms with E-state index in [1.54, 1.807) is 0 Å². The maximum Gasteiger partial charge on any atom is 0.268 e. The molecule has 16 nitrogen and oxygen atoms in total. The van der Waals surface area contributed by atoms with Crippen molar-refractivity contribution >= 4 is 7.82 Å². The topological polar surface area (TPSA) is 235 Å². The summed E-state index contributed by atoms with van der Waals surface area (Å²) in [4.78, 5) is 12.6. The Bertz CT molecular complexity index is 2150. The first kappa shape index (κ1) is 108. The SMILES string of the molecule is C[C@@H]1CCC[C@H](C)CCC[C@H](C)CC[C@@H](C)CCC[C@@H](C)CCC[C@@H](C)CCC[C@@H](C)CCO[C@H](COP(=O)([O-])OCC(O)CO)COCC[C@H](C)CCC[C@H](C)CCC[C@H](C)CCC[C@H](C)CC[C@@H](C)CCC[C@@H](C)CCC[C@@H](C)CCC[C@@H](C)CCO[C@H](CO[C@H]2O[C@@H](CO)[C@@H](O)[C@H](O)[C@@H]2O)COCC[C@H](C)CCC1. The van der Waals surface area contributed by atoms with Gasteiger partial charge in [0, 0.05) is 26.4 Å². The molecule has 2 saturated heterocycles. The lowest BCUT2D eigenvalue weighted by Crippen LogP contribution is -2.59. The molecule has 0 spiro atoms. The van der Waals surface area contributed by atoms with Gasteiger partial charge >= 0.3 is 0 Å². The molecule has 0 aromatic carbocycles. The summed E-state index contributed by atoms with van der Waals surface area (Å²) >= 11 is 0. The summed E-state index contributed by atoms with van der Waals surface area (Å²) in [5.74, 6) is 11.4. The van der Waals surface area contributed by atoms with Gasteiger partial charge in [-0.25, -0.2) is 0 Å². The van der Waals surface area contributed by atoms with Crippen LogP contribution in [-0.4, -0.2) is 152 Å². The average Bonchev–Trinajstić information content (AvgIpc) is 0.818. The van der Waals surface area contributed by atoms with E-state index in [1.165, 1.54) is 250 Å². The number of phosphoric ester groups is 1. The normalized spacial score (nSPS) is 36.8. The fourth-order valence-corrected chi connectivity index (χ4v) is 18.0. The van der Waals surface area contributed by atoms with Crippen LogP contribution in [0.25, 0.3) is 0 Å². The van der Waals surface area contributed by atoms with Crippen LogP contribution in [0.2, 0.25) is 0 Å². The molecule has 0 bridgehead atoms. The third kappa shape index (κ3) is 58.6. The first-order valence-electron chi connectivity index (χ1n) is 47.7. The van der Waals surface area contributed by atoms with E-state index in [-0.39, 0.29) is 19.8 Å². The zero-order valence-corrected chi connectivity index (χ0v) is 76.9. The second-order valence-electron chi connectivity index (χ2n) is 39.2. The summed E-state index contributed by atoms with van der Waals surface area (Å²) in [5.41, 5.74) is 0. The molecule has 0 aromatic rings. The number of aliphatic hydroxyl groups is 6. The minimum Gasteiger partial charge on any atom is -0.756 e. The molecule has 2 unspecified atom stereocenters. The van der Waals surface area contributed by atoms with Gasteiger partial charge in [0.05, 0.1) is 46.2 Å². The van der Waals surface area contributed by atoms with Crippen LogP contribution in [0.1, 0.15) is 393 Å². The second-order valence-corrected chi connectivity index (χ2v) is 40.6. The number of hydrogen-bond acceptors (Lipinski definition) is 16. The van der Waals surface area contributed by atoms with Gasteiger partial charge in [-0.3, -0.25) is 4.57 Å². The van der Waals surface area contributed by atoms with Crippen LogP contribution < -0.4 is 4.89 Å². The van der Waals surface area contributed by atoms with E-state index in [4.69, 9.17) is 42.6 Å². The van der Waals surface area contributed by atoms with Gasteiger partial charge in [-0.05, 0) is 120 Å². The van der Waals surface area contributed by atoms with Crippen molar-refractivity contribution in [2.75, 3.05) is 72.7 Å². The Kier molecular flexibility index (Phi) is 64.7. The maximum atomic E-state index is 12.6. The van der Waals surface area contributed by atoms with E-state index in [2.05, 4.69) is 111 Å². The molecule has 0 aromatic heterocycles. The molecule has 0 radical (unpaired) electrons. The third-order valence-corrected chi connectivity index (χ3v) is 27.4. The van der Waals surface area contributed by atoms with E-state index in [0.717, 1.165) is 103 Å². The summed E-state index contributed by atoms with van der Waals surface area (Å²) in [5, 5.41) is 60.1. The Morgan fingerprint density at radius 2 is 0.571 bits per heavy atom. The van der Waals surface area contributed by atoms with Crippen molar-refractivity contribution in [3.05, 3.63) is 0 Å². The Labute approximate surface area is 691 Å². The van der Waals surface area contributed by atoms with E-state index in [9.17, 15) is 35.0 Å². The Morgan fingerprint density at radius 3 is 0.830 bits per heavy atom. The molecule has 0 saturated carbocycles.